The summed E-state index contributed by atoms with van der Waals surface area (Å²) in [5.74, 6) is -0.182. The number of hydrogen-bond donors (Lipinski definition) is 2. The minimum Gasteiger partial charge on any atom is -0.468 e. The fourth-order valence-corrected chi connectivity index (χ4v) is 2.77. The van der Waals surface area contributed by atoms with Gasteiger partial charge in [-0.1, -0.05) is 18.0 Å². The fourth-order valence-electron chi connectivity index (χ4n) is 2.57. The zero-order chi connectivity index (χ0) is 15.4. The highest BCUT2D eigenvalue weighted by atomic mass is 35.5. The van der Waals surface area contributed by atoms with Gasteiger partial charge in [-0.3, -0.25) is 9.59 Å². The Bertz CT molecular complexity index is 575. The molecule has 21 heavy (non-hydrogen) atoms. The molecule has 3 N–H and O–H groups in total. The summed E-state index contributed by atoms with van der Waals surface area (Å²) in [6.07, 6.45) is 4.62. The van der Waals surface area contributed by atoms with Crippen molar-refractivity contribution in [3.05, 3.63) is 21.6 Å². The van der Waals surface area contributed by atoms with E-state index in [4.69, 9.17) is 17.3 Å². The molecule has 2 rings (SSSR count). The summed E-state index contributed by atoms with van der Waals surface area (Å²) in [6.45, 7) is 0.340. The standard InChI is InChI=1S/C13H19ClN4O3/c1-21-11(19)7-18-13(20)12(14)10(6-16-18)17-9-4-2-3-8(9)5-15/h6,8-9,17H,2-5,7,15H2,1H3. The topological polar surface area (TPSA) is 99.2 Å². The fraction of sp³-hybridized carbons (Fsp3) is 0.615. The zero-order valence-corrected chi connectivity index (χ0v) is 12.6. The van der Waals surface area contributed by atoms with Gasteiger partial charge in [0.25, 0.3) is 5.56 Å². The highest BCUT2D eigenvalue weighted by Crippen LogP contribution is 2.29. The van der Waals surface area contributed by atoms with Gasteiger partial charge in [0.15, 0.2) is 0 Å². The van der Waals surface area contributed by atoms with E-state index in [1.807, 2.05) is 0 Å². The van der Waals surface area contributed by atoms with E-state index in [1.54, 1.807) is 0 Å². The third-order valence-electron chi connectivity index (χ3n) is 3.79. The van der Waals surface area contributed by atoms with E-state index in [-0.39, 0.29) is 17.6 Å². The molecule has 7 nitrogen and oxygen atoms in total. The first kappa shape index (κ1) is 15.8. The molecule has 1 aromatic rings. The molecule has 1 aliphatic carbocycles. The minimum absolute atomic E-state index is 0.0246. The normalized spacial score (nSPS) is 21.3. The maximum atomic E-state index is 12.1. The number of rotatable bonds is 5. The van der Waals surface area contributed by atoms with E-state index in [2.05, 4.69) is 15.2 Å². The Balaban J connectivity index is 2.17. The molecule has 0 saturated heterocycles. The van der Waals surface area contributed by atoms with Crippen molar-refractivity contribution in [1.29, 1.82) is 0 Å². The Hall–Kier alpha value is -1.60. The van der Waals surface area contributed by atoms with E-state index < -0.39 is 11.5 Å². The van der Waals surface area contributed by atoms with Gasteiger partial charge in [-0.05, 0) is 25.3 Å². The van der Waals surface area contributed by atoms with Crippen LogP contribution in [0.25, 0.3) is 0 Å². The van der Waals surface area contributed by atoms with Gasteiger partial charge in [-0.15, -0.1) is 0 Å². The van der Waals surface area contributed by atoms with Gasteiger partial charge in [0.1, 0.15) is 11.6 Å². The number of nitrogens with one attached hydrogen (secondary N) is 1. The second kappa shape index (κ2) is 6.91. The van der Waals surface area contributed by atoms with Crippen LogP contribution >= 0.6 is 11.6 Å². The van der Waals surface area contributed by atoms with Crippen LogP contribution in [-0.2, 0) is 16.1 Å². The molecule has 2 atom stereocenters. The van der Waals surface area contributed by atoms with Crippen LogP contribution in [0.2, 0.25) is 5.02 Å². The molecule has 1 saturated carbocycles. The van der Waals surface area contributed by atoms with Gasteiger partial charge in [-0.2, -0.15) is 5.10 Å². The van der Waals surface area contributed by atoms with Crippen LogP contribution in [0.5, 0.6) is 0 Å². The van der Waals surface area contributed by atoms with Crippen molar-refractivity contribution in [1.82, 2.24) is 9.78 Å². The zero-order valence-electron chi connectivity index (χ0n) is 11.8. The van der Waals surface area contributed by atoms with Crippen LogP contribution in [0.1, 0.15) is 19.3 Å². The van der Waals surface area contributed by atoms with E-state index in [0.29, 0.717) is 18.2 Å². The number of carbonyl (C=O) groups excluding carboxylic acids is 1. The average molecular weight is 315 g/mol. The van der Waals surface area contributed by atoms with E-state index >= 15 is 0 Å². The highest BCUT2D eigenvalue weighted by Gasteiger charge is 2.27. The Morgan fingerprint density at radius 1 is 1.62 bits per heavy atom. The van der Waals surface area contributed by atoms with Crippen molar-refractivity contribution in [2.24, 2.45) is 11.7 Å². The van der Waals surface area contributed by atoms with Crippen LogP contribution in [-0.4, -0.2) is 35.4 Å². The van der Waals surface area contributed by atoms with Gasteiger partial charge < -0.3 is 15.8 Å². The summed E-state index contributed by atoms with van der Waals surface area (Å²) < 4.78 is 5.48. The number of nitrogens with two attached hydrogens (primary N) is 1. The molecular weight excluding hydrogens is 296 g/mol. The van der Waals surface area contributed by atoms with E-state index in [0.717, 1.165) is 23.9 Å². The molecule has 1 heterocycles. The predicted octanol–water partition coefficient (Wildman–Crippen LogP) is 0.609. The van der Waals surface area contributed by atoms with E-state index in [1.165, 1.54) is 13.3 Å². The molecule has 2 unspecified atom stereocenters. The van der Waals surface area contributed by atoms with Gasteiger partial charge in [-0.25, -0.2) is 4.68 Å². The molecule has 0 radical (unpaired) electrons. The second-order valence-electron chi connectivity index (χ2n) is 5.09. The third kappa shape index (κ3) is 3.54. The van der Waals surface area contributed by atoms with Crippen molar-refractivity contribution in [3.8, 4) is 0 Å². The van der Waals surface area contributed by atoms with Crippen LogP contribution < -0.4 is 16.6 Å². The molecule has 1 aromatic heterocycles. The Kier molecular flexibility index (Phi) is 5.19. The van der Waals surface area contributed by atoms with Crippen LogP contribution in [0.4, 0.5) is 5.69 Å². The maximum Gasteiger partial charge on any atom is 0.327 e. The SMILES string of the molecule is COC(=O)Cn1ncc(NC2CCCC2CN)c(Cl)c1=O. The average Bonchev–Trinajstić information content (AvgIpc) is 2.94. The summed E-state index contributed by atoms with van der Waals surface area (Å²) in [4.78, 5) is 23.3. The number of aromatic nitrogens is 2. The van der Waals surface area contributed by atoms with Crippen molar-refractivity contribution in [2.45, 2.75) is 31.8 Å². The molecule has 0 spiro atoms. The number of methoxy groups -OCH3 is 1. The van der Waals surface area contributed by atoms with Gasteiger partial charge in [0, 0.05) is 6.04 Å². The van der Waals surface area contributed by atoms with Crippen molar-refractivity contribution in [2.75, 3.05) is 19.0 Å². The molecule has 116 valence electrons. The first-order valence-electron chi connectivity index (χ1n) is 6.85. The number of anilines is 1. The van der Waals surface area contributed by atoms with Crippen molar-refractivity contribution in [3.63, 3.8) is 0 Å². The third-order valence-corrected chi connectivity index (χ3v) is 4.16. The maximum absolute atomic E-state index is 12.1. The Morgan fingerprint density at radius 2 is 2.38 bits per heavy atom. The number of esters is 1. The summed E-state index contributed by atoms with van der Waals surface area (Å²) >= 11 is 6.08. The molecular formula is C13H19ClN4O3. The number of ether oxygens (including phenoxy) is 1. The summed E-state index contributed by atoms with van der Waals surface area (Å²) in [7, 11) is 1.25. The number of hydrogen-bond acceptors (Lipinski definition) is 6. The largest absolute Gasteiger partial charge is 0.468 e. The monoisotopic (exact) mass is 314 g/mol. The summed E-state index contributed by atoms with van der Waals surface area (Å²) in [6, 6.07) is 0.199. The van der Waals surface area contributed by atoms with Crippen LogP contribution in [0.3, 0.4) is 0 Å². The number of halogens is 1. The van der Waals surface area contributed by atoms with Crippen molar-refractivity contribution < 1.29 is 9.53 Å². The summed E-state index contributed by atoms with van der Waals surface area (Å²) in [5.41, 5.74) is 5.69. The van der Waals surface area contributed by atoms with Crippen LogP contribution in [0.15, 0.2) is 11.0 Å². The quantitative estimate of drug-likeness (QED) is 0.773. The summed E-state index contributed by atoms with van der Waals surface area (Å²) in [5, 5.41) is 7.21. The smallest absolute Gasteiger partial charge is 0.327 e. The van der Waals surface area contributed by atoms with Gasteiger partial charge >= 0.3 is 5.97 Å². The highest BCUT2D eigenvalue weighted by molar-refractivity contribution is 6.32. The van der Waals surface area contributed by atoms with Crippen molar-refractivity contribution >= 4 is 23.3 Å². The number of nitrogens with zero attached hydrogens (tertiary/aromatic N) is 2. The second-order valence-corrected chi connectivity index (χ2v) is 5.47. The molecule has 8 heteroatoms. The minimum atomic E-state index is -0.555. The molecule has 0 bridgehead atoms. The lowest BCUT2D eigenvalue weighted by atomic mass is 10.0. The lowest BCUT2D eigenvalue weighted by Crippen LogP contribution is -2.32. The first-order chi connectivity index (χ1) is 10.1. The Morgan fingerprint density at radius 3 is 3.05 bits per heavy atom. The molecule has 0 aromatic carbocycles. The van der Waals surface area contributed by atoms with Gasteiger partial charge in [0.05, 0.1) is 19.0 Å². The Labute approximate surface area is 127 Å². The van der Waals surface area contributed by atoms with Crippen LogP contribution in [0, 0.1) is 5.92 Å². The molecule has 0 amide bonds. The number of carbonyl (C=O) groups is 1. The van der Waals surface area contributed by atoms with Gasteiger partial charge in [0.2, 0.25) is 0 Å². The van der Waals surface area contributed by atoms with E-state index in [9.17, 15) is 9.59 Å². The molecule has 1 aliphatic rings. The molecule has 0 aliphatic heterocycles. The lowest BCUT2D eigenvalue weighted by Gasteiger charge is -2.21. The molecule has 1 fully saturated rings. The predicted molar refractivity (Wildman–Crippen MR) is 79.3 cm³/mol. The lowest BCUT2D eigenvalue weighted by molar-refractivity contribution is -0.141. The first-order valence-corrected chi connectivity index (χ1v) is 7.23.